The van der Waals surface area contributed by atoms with E-state index in [0.29, 0.717) is 5.05 Å². The molecule has 0 radical (unpaired) electrons. The highest BCUT2D eigenvalue weighted by Crippen LogP contribution is 1.85. The first-order valence-corrected chi connectivity index (χ1v) is 2.02. The van der Waals surface area contributed by atoms with Gasteiger partial charge >= 0.3 is 0 Å². The van der Waals surface area contributed by atoms with Crippen molar-refractivity contribution in [2.75, 3.05) is 0 Å². The van der Waals surface area contributed by atoms with Gasteiger partial charge in [-0.3, -0.25) is 0 Å². The molecule has 0 amide bonds. The van der Waals surface area contributed by atoms with Crippen LogP contribution >= 0.6 is 21.7 Å². The molecule has 0 aromatic carbocycles. The Bertz CT molecular complexity index is 44.9. The summed E-state index contributed by atoms with van der Waals surface area (Å²) in [6, 6.07) is 0. The summed E-state index contributed by atoms with van der Waals surface area (Å²) in [5.74, 6) is 0. The molecule has 5 heavy (non-hydrogen) atoms. The smallest absolute Gasteiger partial charge is 0.159 e. The summed E-state index contributed by atoms with van der Waals surface area (Å²) >= 11 is 4.45. The molecule has 30 valence electrons. The molecular formula is C2H5OPS. The van der Waals surface area contributed by atoms with Crippen molar-refractivity contribution in [3.8, 4) is 0 Å². The molecule has 0 saturated heterocycles. The zero-order valence-electron chi connectivity index (χ0n) is 2.89. The molecule has 1 unspecified atom stereocenters. The summed E-state index contributed by atoms with van der Waals surface area (Å²) in [4.78, 5) is 0. The molecule has 0 aliphatic carbocycles. The maximum absolute atomic E-state index is 4.45. The summed E-state index contributed by atoms with van der Waals surface area (Å²) in [5, 5.41) is 0.551. The van der Waals surface area contributed by atoms with Crippen molar-refractivity contribution in [3.05, 3.63) is 0 Å². The molecule has 1 nitrogen and oxygen atoms in total. The van der Waals surface area contributed by atoms with E-state index in [-0.39, 0.29) is 0 Å². The summed E-state index contributed by atoms with van der Waals surface area (Å²) in [7, 11) is 2.05. The van der Waals surface area contributed by atoms with E-state index < -0.39 is 0 Å². The predicted octanol–water partition coefficient (Wildman–Crippen LogP) is 1.14. The minimum atomic E-state index is 0.551. The fraction of sp³-hybridized carbons (Fsp3) is 0.500. The van der Waals surface area contributed by atoms with Gasteiger partial charge in [-0.1, -0.05) is 0 Å². The van der Waals surface area contributed by atoms with Gasteiger partial charge in [0.1, 0.15) is 0 Å². The van der Waals surface area contributed by atoms with E-state index in [1.165, 1.54) is 0 Å². The monoisotopic (exact) mass is 108 g/mol. The highest BCUT2D eigenvalue weighted by atomic mass is 32.1. The summed E-state index contributed by atoms with van der Waals surface area (Å²) in [6.45, 7) is 1.71. The van der Waals surface area contributed by atoms with Crippen LogP contribution in [-0.2, 0) is 4.52 Å². The lowest BCUT2D eigenvalue weighted by atomic mass is 10.9. The lowest BCUT2D eigenvalue weighted by Crippen LogP contribution is -1.77. The first kappa shape index (κ1) is 5.32. The number of rotatable bonds is 0. The Morgan fingerprint density at radius 3 is 2.20 bits per heavy atom. The van der Waals surface area contributed by atoms with Crippen LogP contribution in [0, 0.1) is 0 Å². The van der Waals surface area contributed by atoms with Crippen molar-refractivity contribution in [2.24, 2.45) is 0 Å². The van der Waals surface area contributed by atoms with Crippen LogP contribution in [0.15, 0.2) is 0 Å². The van der Waals surface area contributed by atoms with Gasteiger partial charge < -0.3 is 4.52 Å². The fourth-order valence-corrected chi connectivity index (χ4v) is 0. The topological polar surface area (TPSA) is 9.23 Å². The van der Waals surface area contributed by atoms with E-state index in [4.69, 9.17) is 0 Å². The van der Waals surface area contributed by atoms with E-state index in [1.54, 1.807) is 6.92 Å². The third kappa shape index (κ3) is 4.32. The van der Waals surface area contributed by atoms with Gasteiger partial charge in [-0.05, 0) is 12.2 Å². The Morgan fingerprint density at radius 1 is 2.00 bits per heavy atom. The normalized spacial score (nSPS) is 6.80. The Morgan fingerprint density at radius 2 is 2.20 bits per heavy atom. The Labute approximate surface area is 39.0 Å². The third-order valence-corrected chi connectivity index (χ3v) is 0.787. The van der Waals surface area contributed by atoms with Gasteiger partial charge in [0.05, 0.1) is 9.47 Å². The molecule has 0 aliphatic heterocycles. The number of thiocarbonyl (C=S) groups is 1. The first-order chi connectivity index (χ1) is 2.27. The van der Waals surface area contributed by atoms with Crippen LogP contribution in [0.5, 0.6) is 0 Å². The van der Waals surface area contributed by atoms with Crippen molar-refractivity contribution in [3.63, 3.8) is 0 Å². The summed E-state index contributed by atoms with van der Waals surface area (Å²) in [5.41, 5.74) is 0. The molecule has 0 aromatic rings. The largest absolute Gasteiger partial charge is 0.474 e. The standard InChI is InChI=1S/C2H5OPS/c1-2(5)3-4/h4H2,1H3. The van der Waals surface area contributed by atoms with Crippen molar-refractivity contribution < 1.29 is 4.52 Å². The van der Waals surface area contributed by atoms with E-state index in [2.05, 4.69) is 26.2 Å². The predicted molar refractivity (Wildman–Crippen MR) is 29.1 cm³/mol. The van der Waals surface area contributed by atoms with Gasteiger partial charge in [0.15, 0.2) is 5.05 Å². The lowest BCUT2D eigenvalue weighted by Gasteiger charge is -1.84. The minimum Gasteiger partial charge on any atom is -0.474 e. The number of hydrogen-bond acceptors (Lipinski definition) is 2. The fourth-order valence-electron chi connectivity index (χ4n) is 0. The van der Waals surface area contributed by atoms with Crippen LogP contribution in [0.25, 0.3) is 0 Å². The van der Waals surface area contributed by atoms with Gasteiger partial charge in [-0.2, -0.15) is 0 Å². The number of hydrogen-bond donors (Lipinski definition) is 0. The van der Waals surface area contributed by atoms with Crippen LogP contribution in [-0.4, -0.2) is 5.05 Å². The summed E-state index contributed by atoms with van der Waals surface area (Å²) in [6.07, 6.45) is 0. The van der Waals surface area contributed by atoms with Crippen LogP contribution in [0.2, 0.25) is 0 Å². The Balaban J connectivity index is 2.85. The van der Waals surface area contributed by atoms with Crippen molar-refractivity contribution >= 4 is 26.7 Å². The van der Waals surface area contributed by atoms with Crippen molar-refractivity contribution in [2.45, 2.75) is 6.92 Å². The van der Waals surface area contributed by atoms with Crippen LogP contribution < -0.4 is 0 Å². The van der Waals surface area contributed by atoms with Crippen LogP contribution in [0.4, 0.5) is 0 Å². The van der Waals surface area contributed by atoms with Gasteiger partial charge in [-0.15, -0.1) is 0 Å². The van der Waals surface area contributed by atoms with E-state index >= 15 is 0 Å². The first-order valence-electron chi connectivity index (χ1n) is 1.14. The highest BCUT2D eigenvalue weighted by molar-refractivity contribution is 7.80. The molecule has 1 atom stereocenters. The van der Waals surface area contributed by atoms with Crippen LogP contribution in [0.3, 0.4) is 0 Å². The molecule has 3 heteroatoms. The molecule has 0 aliphatic rings. The SMILES string of the molecule is CC(=S)OP. The maximum Gasteiger partial charge on any atom is 0.159 e. The lowest BCUT2D eigenvalue weighted by molar-refractivity contribution is 0.658. The molecule has 0 spiro atoms. The van der Waals surface area contributed by atoms with Gasteiger partial charge in [0.25, 0.3) is 0 Å². The molecule has 0 aromatic heterocycles. The zero-order valence-corrected chi connectivity index (χ0v) is 4.87. The van der Waals surface area contributed by atoms with Gasteiger partial charge in [-0.25, -0.2) is 0 Å². The van der Waals surface area contributed by atoms with Crippen molar-refractivity contribution in [1.29, 1.82) is 0 Å². The van der Waals surface area contributed by atoms with E-state index in [0.717, 1.165) is 0 Å². The molecule has 0 rings (SSSR count). The average molecular weight is 108 g/mol. The molecule has 0 saturated carbocycles. The zero-order chi connectivity index (χ0) is 4.28. The Hall–Kier alpha value is 0.320. The maximum atomic E-state index is 4.45. The second-order valence-corrected chi connectivity index (χ2v) is 1.42. The van der Waals surface area contributed by atoms with Gasteiger partial charge in [0.2, 0.25) is 0 Å². The second-order valence-electron chi connectivity index (χ2n) is 0.609. The van der Waals surface area contributed by atoms with Crippen LogP contribution in [0.1, 0.15) is 6.92 Å². The van der Waals surface area contributed by atoms with Crippen molar-refractivity contribution in [1.82, 2.24) is 0 Å². The van der Waals surface area contributed by atoms with E-state index in [9.17, 15) is 0 Å². The quantitative estimate of drug-likeness (QED) is 0.340. The highest BCUT2D eigenvalue weighted by Gasteiger charge is 1.69. The molecular weight excluding hydrogens is 103 g/mol. The van der Waals surface area contributed by atoms with Gasteiger partial charge in [0, 0.05) is 6.92 Å². The summed E-state index contributed by atoms with van der Waals surface area (Å²) < 4.78 is 4.40. The van der Waals surface area contributed by atoms with E-state index in [1.807, 2.05) is 0 Å². The minimum absolute atomic E-state index is 0.551. The second kappa shape index (κ2) is 2.55. The third-order valence-electron chi connectivity index (χ3n) is 0.166. The molecule has 0 bridgehead atoms. The average Bonchev–Trinajstić information content (AvgIpc) is 1.38. The molecule has 0 fully saturated rings. The molecule has 0 heterocycles. The Kier molecular flexibility index (Phi) is 2.71. The molecule has 0 N–H and O–H groups in total.